The lowest BCUT2D eigenvalue weighted by Gasteiger charge is -2.05. The van der Waals surface area contributed by atoms with Crippen molar-refractivity contribution >= 4 is 20.2 Å². The Morgan fingerprint density at radius 2 is 1.41 bits per heavy atom. The van der Waals surface area contributed by atoms with Gasteiger partial charge in [0.25, 0.3) is 0 Å². The smallest absolute Gasteiger partial charge is 0.280 e. The maximum absolute atomic E-state index is 10.7. The van der Waals surface area contributed by atoms with E-state index in [0.717, 1.165) is 0 Å². The molecule has 1 unspecified atom stereocenters. The Hall–Kier alpha value is -1.77. The molecule has 0 aliphatic heterocycles. The third-order valence-corrected chi connectivity index (χ3v) is 3.44. The first-order valence-electron chi connectivity index (χ1n) is 4.86. The Kier molecular flexibility index (Phi) is 6.43. The summed E-state index contributed by atoms with van der Waals surface area (Å²) in [6.07, 6.45) is 0. The molecule has 0 aromatic heterocycles. The van der Waals surface area contributed by atoms with Gasteiger partial charge < -0.3 is 0 Å². The van der Waals surface area contributed by atoms with Gasteiger partial charge in [-0.3, -0.25) is 19.2 Å². The van der Waals surface area contributed by atoms with Gasteiger partial charge in [0.05, 0.1) is 0 Å². The molecule has 0 aliphatic rings. The summed E-state index contributed by atoms with van der Waals surface area (Å²) in [5, 5.41) is 8.31. The zero-order valence-electron chi connectivity index (χ0n) is 10.2. The molecule has 1 rings (SSSR count). The summed E-state index contributed by atoms with van der Waals surface area (Å²) in [5.41, 5.74) is -5.60. The minimum atomic E-state index is -5.84. The Morgan fingerprint density at radius 1 is 1.05 bits per heavy atom. The molecule has 1 aromatic carbocycles. The van der Waals surface area contributed by atoms with Crippen molar-refractivity contribution in [3.05, 3.63) is 46.0 Å². The molecule has 0 amide bonds. The summed E-state index contributed by atoms with van der Waals surface area (Å²) in [5.74, 6) is 0. The van der Waals surface area contributed by atoms with E-state index < -0.39 is 36.0 Å². The Balaban J connectivity index is 0.000000472. The van der Waals surface area contributed by atoms with Gasteiger partial charge >= 0.3 is 31.1 Å². The van der Waals surface area contributed by atoms with E-state index in [2.05, 4.69) is 0 Å². The highest BCUT2D eigenvalue weighted by molar-refractivity contribution is 7.86. The highest BCUT2D eigenvalue weighted by Gasteiger charge is 2.44. The normalized spacial score (nSPS) is 13.7. The van der Waals surface area contributed by atoms with Gasteiger partial charge in [-0.15, -0.1) is 0 Å². The van der Waals surface area contributed by atoms with E-state index in [9.17, 15) is 31.7 Å². The second-order valence-corrected chi connectivity index (χ2v) is 6.37. The van der Waals surface area contributed by atoms with Crippen LogP contribution in [0.15, 0.2) is 30.3 Å². The summed E-state index contributed by atoms with van der Waals surface area (Å²) in [4.78, 5) is 9.36. The number of nitrogens with zero attached hydrogens (tertiary/aromatic N) is 1. The first-order chi connectivity index (χ1) is 9.68. The molecule has 1 atom stereocenters. The highest BCUT2D eigenvalue weighted by atomic mass is 32.2. The lowest BCUT2D eigenvalue weighted by Crippen LogP contribution is -2.21. The van der Waals surface area contributed by atoms with E-state index in [1.807, 2.05) is 0 Å². The molecule has 0 radical (unpaired) electrons. The van der Waals surface area contributed by atoms with E-state index in [0.29, 0.717) is 0 Å². The molecular formula is C8H8F3NO8S2. The van der Waals surface area contributed by atoms with Crippen molar-refractivity contribution in [1.82, 2.24) is 0 Å². The molecule has 0 aliphatic carbocycles. The molecule has 22 heavy (non-hydrogen) atoms. The number of hydrogen-bond acceptors (Lipinski definition) is 6. The SMILES string of the molecule is O=S(=O)(O)C(F)(F)F.O=[N+]([O-])C(c1ccccc1)S(=O)(=O)O. The summed E-state index contributed by atoms with van der Waals surface area (Å²) in [6.45, 7) is 0. The van der Waals surface area contributed by atoms with E-state index in [-0.39, 0.29) is 5.56 Å². The third-order valence-electron chi connectivity index (χ3n) is 1.85. The van der Waals surface area contributed by atoms with Crippen molar-refractivity contribution in [1.29, 1.82) is 0 Å². The quantitative estimate of drug-likeness (QED) is 0.350. The highest BCUT2D eigenvalue weighted by Crippen LogP contribution is 2.21. The number of benzene rings is 1. The van der Waals surface area contributed by atoms with Crippen molar-refractivity contribution in [2.45, 2.75) is 10.9 Å². The van der Waals surface area contributed by atoms with E-state index in [1.54, 1.807) is 6.07 Å². The van der Waals surface area contributed by atoms with Crippen LogP contribution in [-0.4, -0.2) is 36.4 Å². The van der Waals surface area contributed by atoms with Crippen molar-refractivity contribution in [2.24, 2.45) is 0 Å². The molecule has 9 nitrogen and oxygen atoms in total. The van der Waals surface area contributed by atoms with Crippen LogP contribution in [0.25, 0.3) is 0 Å². The topological polar surface area (TPSA) is 152 Å². The average molecular weight is 367 g/mol. The largest absolute Gasteiger partial charge is 0.522 e. The first kappa shape index (κ1) is 20.2. The van der Waals surface area contributed by atoms with Gasteiger partial charge in [-0.25, -0.2) is 0 Å². The van der Waals surface area contributed by atoms with Gasteiger partial charge in [0.1, 0.15) is 0 Å². The van der Waals surface area contributed by atoms with Crippen LogP contribution < -0.4 is 0 Å². The van der Waals surface area contributed by atoms with Crippen LogP contribution in [0.3, 0.4) is 0 Å². The second-order valence-electron chi connectivity index (χ2n) is 3.48. The molecule has 0 fully saturated rings. The third kappa shape index (κ3) is 6.33. The van der Waals surface area contributed by atoms with Crippen molar-refractivity contribution < 1.29 is 44.0 Å². The monoisotopic (exact) mass is 367 g/mol. The lowest BCUT2D eigenvalue weighted by atomic mass is 10.2. The zero-order valence-corrected chi connectivity index (χ0v) is 11.8. The van der Waals surface area contributed by atoms with E-state index in [4.69, 9.17) is 17.5 Å². The molecule has 0 saturated carbocycles. The lowest BCUT2D eigenvalue weighted by molar-refractivity contribution is -0.503. The summed E-state index contributed by atoms with van der Waals surface area (Å²) < 4.78 is 87.5. The fourth-order valence-electron chi connectivity index (χ4n) is 1.02. The van der Waals surface area contributed by atoms with Crippen LogP contribution >= 0.6 is 0 Å². The summed E-state index contributed by atoms with van der Waals surface area (Å²) in [6, 6.07) is 7.03. The number of alkyl halides is 3. The van der Waals surface area contributed by atoms with Crippen LogP contribution in [0, 0.1) is 10.1 Å². The Bertz CT molecular complexity index is 714. The van der Waals surface area contributed by atoms with Crippen LogP contribution in [0.1, 0.15) is 10.9 Å². The molecule has 0 saturated heterocycles. The van der Waals surface area contributed by atoms with E-state index in [1.165, 1.54) is 24.3 Å². The molecule has 0 spiro atoms. The maximum Gasteiger partial charge on any atom is 0.522 e. The molecule has 1 aromatic rings. The minimum absolute atomic E-state index is 0.0694. The first-order valence-corrected chi connectivity index (χ1v) is 7.80. The zero-order chi connectivity index (χ0) is 17.8. The van der Waals surface area contributed by atoms with Crippen molar-refractivity contribution in [2.75, 3.05) is 0 Å². The minimum Gasteiger partial charge on any atom is -0.280 e. The van der Waals surface area contributed by atoms with Crippen LogP contribution in [0.2, 0.25) is 0 Å². The number of rotatable bonds is 3. The molecule has 126 valence electrons. The number of halogens is 3. The van der Waals surface area contributed by atoms with Crippen molar-refractivity contribution in [3.8, 4) is 0 Å². The standard InChI is InChI=1S/C7H7NO5S.CHF3O3S/c9-8(10)7(14(11,12)13)6-4-2-1-3-5-6;2-1(3,4)8(5,6)7/h1-5,7H,(H,11,12,13);(H,5,6,7). The molecule has 0 heterocycles. The summed E-state index contributed by atoms with van der Waals surface area (Å²) >= 11 is 0. The predicted molar refractivity (Wildman–Crippen MR) is 65.3 cm³/mol. The van der Waals surface area contributed by atoms with Crippen molar-refractivity contribution in [3.63, 3.8) is 0 Å². The fourth-order valence-corrected chi connectivity index (χ4v) is 1.74. The van der Waals surface area contributed by atoms with Gasteiger partial charge in [-0.1, -0.05) is 30.3 Å². The summed E-state index contributed by atoms with van der Waals surface area (Å²) in [7, 11) is -10.6. The van der Waals surface area contributed by atoms with E-state index >= 15 is 0 Å². The van der Waals surface area contributed by atoms with Gasteiger partial charge in [0, 0.05) is 10.5 Å². The molecule has 0 bridgehead atoms. The van der Waals surface area contributed by atoms with Gasteiger partial charge in [0.15, 0.2) is 0 Å². The van der Waals surface area contributed by atoms with Gasteiger partial charge in [-0.2, -0.15) is 30.0 Å². The van der Waals surface area contributed by atoms with Gasteiger partial charge in [0.2, 0.25) is 0 Å². The van der Waals surface area contributed by atoms with Crippen LogP contribution in [-0.2, 0) is 20.2 Å². The van der Waals surface area contributed by atoms with Gasteiger partial charge in [-0.05, 0) is 0 Å². The van der Waals surface area contributed by atoms with Crippen LogP contribution in [0.5, 0.6) is 0 Å². The average Bonchev–Trinajstić information content (AvgIpc) is 2.25. The Labute approximate surface area is 122 Å². The molecule has 14 heteroatoms. The second kappa shape index (κ2) is 6.99. The number of hydrogen-bond donors (Lipinski definition) is 2. The predicted octanol–water partition coefficient (Wildman–Crippen LogP) is 1.24. The van der Waals surface area contributed by atoms with Crippen LogP contribution in [0.4, 0.5) is 13.2 Å². The fraction of sp³-hybridized carbons (Fsp3) is 0.250. The Morgan fingerprint density at radius 3 is 1.64 bits per heavy atom. The molecule has 2 N–H and O–H groups in total. The maximum atomic E-state index is 10.7. The molecular weight excluding hydrogens is 359 g/mol. The number of nitro groups is 1.